The predicted octanol–water partition coefficient (Wildman–Crippen LogP) is 1.21. The largest absolute Gasteiger partial charge is 0.291 e. The molecule has 0 fully saturated rings. The Hall–Kier alpha value is -2.24. The van der Waals surface area contributed by atoms with Crippen molar-refractivity contribution in [3.8, 4) is 0 Å². The highest BCUT2D eigenvalue weighted by Crippen LogP contribution is 2.08. The lowest BCUT2D eigenvalue weighted by Gasteiger charge is -2.04. The average molecular weight is 220 g/mol. The third-order valence-corrected chi connectivity index (χ3v) is 2.06. The zero-order valence-electron chi connectivity index (χ0n) is 8.51. The number of anilines is 1. The molecule has 82 valence electrons. The van der Waals surface area contributed by atoms with Crippen LogP contribution in [0.5, 0.6) is 0 Å². The van der Waals surface area contributed by atoms with Gasteiger partial charge >= 0.3 is 0 Å². The van der Waals surface area contributed by atoms with Gasteiger partial charge in [-0.15, -0.1) is 0 Å². The fourth-order valence-corrected chi connectivity index (χ4v) is 1.22. The van der Waals surface area contributed by atoms with Gasteiger partial charge in [-0.1, -0.05) is 12.1 Å². The highest BCUT2D eigenvalue weighted by molar-refractivity contribution is 6.03. The summed E-state index contributed by atoms with van der Waals surface area (Å²) in [5.41, 5.74) is -0.0227. The fourth-order valence-electron chi connectivity index (χ4n) is 1.22. The van der Waals surface area contributed by atoms with Crippen molar-refractivity contribution in [2.45, 2.75) is 0 Å². The summed E-state index contributed by atoms with van der Waals surface area (Å²) in [6.45, 7) is 0. The van der Waals surface area contributed by atoms with Gasteiger partial charge in [0.15, 0.2) is 0 Å². The summed E-state index contributed by atoms with van der Waals surface area (Å²) < 4.78 is 14.7. The topological polar surface area (TPSA) is 59.8 Å². The van der Waals surface area contributed by atoms with Crippen molar-refractivity contribution in [3.63, 3.8) is 0 Å². The van der Waals surface area contributed by atoms with Crippen LogP contribution in [-0.2, 0) is 7.05 Å². The van der Waals surface area contributed by atoms with E-state index in [4.69, 9.17) is 0 Å². The van der Waals surface area contributed by atoms with E-state index in [1.54, 1.807) is 13.1 Å². The Morgan fingerprint density at radius 3 is 2.81 bits per heavy atom. The third kappa shape index (κ3) is 1.90. The smallest absolute Gasteiger partial charge is 0.260 e. The summed E-state index contributed by atoms with van der Waals surface area (Å²) in [5.74, 6) is -0.843. The van der Waals surface area contributed by atoms with Crippen molar-refractivity contribution in [3.05, 3.63) is 42.0 Å². The number of nitrogens with zero attached hydrogens (tertiary/aromatic N) is 3. The first-order chi connectivity index (χ1) is 7.68. The fraction of sp³-hybridized carbons (Fsp3) is 0.100. The summed E-state index contributed by atoms with van der Waals surface area (Å²) in [5, 5.41) is 6.24. The van der Waals surface area contributed by atoms with Gasteiger partial charge in [0.25, 0.3) is 5.91 Å². The summed E-state index contributed by atoms with van der Waals surface area (Å²) in [7, 11) is 1.63. The van der Waals surface area contributed by atoms with Crippen molar-refractivity contribution in [2.24, 2.45) is 7.05 Å². The molecule has 0 atom stereocenters. The minimum atomic E-state index is -0.567. The summed E-state index contributed by atoms with van der Waals surface area (Å²) in [6.07, 6.45) is 1.30. The molecule has 2 aromatic rings. The summed E-state index contributed by atoms with van der Waals surface area (Å²) >= 11 is 0. The van der Waals surface area contributed by atoms with E-state index >= 15 is 0 Å². The molecule has 1 N–H and O–H groups in total. The molecule has 0 aliphatic heterocycles. The maximum atomic E-state index is 13.3. The maximum Gasteiger partial charge on any atom is 0.260 e. The zero-order chi connectivity index (χ0) is 11.5. The first-order valence-electron chi connectivity index (χ1n) is 4.58. The van der Waals surface area contributed by atoms with Gasteiger partial charge < -0.3 is 0 Å². The quantitative estimate of drug-likeness (QED) is 0.827. The number of carbonyl (C=O) groups excluding carboxylic acids is 1. The summed E-state index contributed by atoms with van der Waals surface area (Å²) in [4.78, 5) is 15.5. The SMILES string of the molecule is Cn1ncnc1NC(=O)c1ccccc1F. The number of amides is 1. The summed E-state index contributed by atoms with van der Waals surface area (Å²) in [6, 6.07) is 5.75. The number of hydrogen-bond acceptors (Lipinski definition) is 3. The third-order valence-electron chi connectivity index (χ3n) is 2.06. The molecule has 0 saturated heterocycles. The number of hydrogen-bond donors (Lipinski definition) is 1. The van der Waals surface area contributed by atoms with E-state index in [1.807, 2.05) is 0 Å². The lowest BCUT2D eigenvalue weighted by molar-refractivity contribution is 0.102. The second-order valence-electron chi connectivity index (χ2n) is 3.14. The minimum absolute atomic E-state index is 0.0227. The van der Waals surface area contributed by atoms with Crippen LogP contribution in [0.15, 0.2) is 30.6 Å². The van der Waals surface area contributed by atoms with Crippen LogP contribution < -0.4 is 5.32 Å². The van der Waals surface area contributed by atoms with Crippen molar-refractivity contribution in [1.82, 2.24) is 14.8 Å². The molecule has 0 radical (unpaired) electrons. The molecular formula is C10H9FN4O. The Bertz CT molecular complexity index is 523. The molecular weight excluding hydrogens is 211 g/mol. The van der Waals surface area contributed by atoms with Crippen molar-refractivity contribution in [1.29, 1.82) is 0 Å². The zero-order valence-corrected chi connectivity index (χ0v) is 8.51. The highest BCUT2D eigenvalue weighted by atomic mass is 19.1. The van der Waals surface area contributed by atoms with E-state index in [1.165, 1.54) is 29.2 Å². The molecule has 0 bridgehead atoms. The van der Waals surface area contributed by atoms with Crippen molar-refractivity contribution >= 4 is 11.9 Å². The molecule has 5 nitrogen and oxygen atoms in total. The highest BCUT2D eigenvalue weighted by Gasteiger charge is 2.12. The predicted molar refractivity (Wildman–Crippen MR) is 55.4 cm³/mol. The molecule has 0 saturated carbocycles. The van der Waals surface area contributed by atoms with Crippen LogP contribution >= 0.6 is 0 Å². The van der Waals surface area contributed by atoms with Crippen LogP contribution in [0.25, 0.3) is 0 Å². The molecule has 1 amide bonds. The van der Waals surface area contributed by atoms with Crippen LogP contribution in [0.4, 0.5) is 10.3 Å². The van der Waals surface area contributed by atoms with Crippen LogP contribution in [0.2, 0.25) is 0 Å². The van der Waals surface area contributed by atoms with E-state index in [0.29, 0.717) is 0 Å². The molecule has 0 aliphatic rings. The van der Waals surface area contributed by atoms with E-state index < -0.39 is 11.7 Å². The molecule has 1 aromatic carbocycles. The van der Waals surface area contributed by atoms with E-state index in [-0.39, 0.29) is 11.5 Å². The second-order valence-corrected chi connectivity index (χ2v) is 3.14. The molecule has 0 unspecified atom stereocenters. The van der Waals surface area contributed by atoms with E-state index in [0.717, 1.165) is 0 Å². The molecule has 16 heavy (non-hydrogen) atoms. The van der Waals surface area contributed by atoms with Gasteiger partial charge in [-0.2, -0.15) is 10.1 Å². The van der Waals surface area contributed by atoms with Crippen molar-refractivity contribution < 1.29 is 9.18 Å². The number of aryl methyl sites for hydroxylation is 1. The lowest BCUT2D eigenvalue weighted by atomic mass is 10.2. The monoisotopic (exact) mass is 220 g/mol. The Morgan fingerprint density at radius 2 is 2.19 bits per heavy atom. The van der Waals surface area contributed by atoms with Gasteiger partial charge in [-0.25, -0.2) is 9.07 Å². The number of aromatic nitrogens is 3. The first kappa shape index (κ1) is 10.3. The molecule has 6 heteroatoms. The molecule has 1 heterocycles. The van der Waals surface area contributed by atoms with Crippen LogP contribution in [0, 0.1) is 5.82 Å². The van der Waals surface area contributed by atoms with Gasteiger partial charge in [-0.05, 0) is 12.1 Å². The normalized spacial score (nSPS) is 10.1. The number of nitrogens with one attached hydrogen (secondary N) is 1. The number of rotatable bonds is 2. The Balaban J connectivity index is 2.22. The average Bonchev–Trinajstić information content (AvgIpc) is 2.65. The Labute approximate surface area is 90.9 Å². The van der Waals surface area contributed by atoms with E-state index in [9.17, 15) is 9.18 Å². The van der Waals surface area contributed by atoms with Crippen LogP contribution in [0.3, 0.4) is 0 Å². The molecule has 0 aliphatic carbocycles. The van der Waals surface area contributed by atoms with E-state index in [2.05, 4.69) is 15.4 Å². The standard InChI is InChI=1S/C10H9FN4O/c1-15-10(12-6-13-15)14-9(16)7-4-2-3-5-8(7)11/h2-6H,1H3,(H,12,13,14,16). The molecule has 1 aromatic heterocycles. The van der Waals surface area contributed by atoms with Gasteiger partial charge in [0, 0.05) is 7.05 Å². The molecule has 0 spiro atoms. The number of halogens is 1. The van der Waals surface area contributed by atoms with Crippen LogP contribution in [-0.4, -0.2) is 20.7 Å². The number of carbonyl (C=O) groups is 1. The Kier molecular flexibility index (Phi) is 2.63. The second kappa shape index (κ2) is 4.09. The van der Waals surface area contributed by atoms with Crippen LogP contribution in [0.1, 0.15) is 10.4 Å². The Morgan fingerprint density at radius 1 is 1.44 bits per heavy atom. The van der Waals surface area contributed by atoms with Gasteiger partial charge in [0.2, 0.25) is 5.95 Å². The van der Waals surface area contributed by atoms with Crippen molar-refractivity contribution in [2.75, 3.05) is 5.32 Å². The lowest BCUT2D eigenvalue weighted by Crippen LogP contribution is -2.16. The van der Waals surface area contributed by atoms with Gasteiger partial charge in [-0.3, -0.25) is 10.1 Å². The van der Waals surface area contributed by atoms with Gasteiger partial charge in [0.1, 0.15) is 12.1 Å². The first-order valence-corrected chi connectivity index (χ1v) is 4.58. The maximum absolute atomic E-state index is 13.3. The van der Waals surface area contributed by atoms with Gasteiger partial charge in [0.05, 0.1) is 5.56 Å². The number of benzene rings is 1. The molecule has 2 rings (SSSR count). The minimum Gasteiger partial charge on any atom is -0.291 e.